The Bertz CT molecular complexity index is 691. The largest absolute Gasteiger partial charge is 0.478 e. The van der Waals surface area contributed by atoms with Crippen LogP contribution in [0.1, 0.15) is 54.2 Å². The fourth-order valence-electron chi connectivity index (χ4n) is 3.34. The van der Waals surface area contributed by atoms with Gasteiger partial charge in [0.1, 0.15) is 0 Å². The van der Waals surface area contributed by atoms with Crippen LogP contribution in [0.15, 0.2) is 17.7 Å². The monoisotopic (exact) mass is 331 g/mol. The summed E-state index contributed by atoms with van der Waals surface area (Å²) < 4.78 is 5.07. The molecule has 0 aromatic heterocycles. The molecule has 0 saturated carbocycles. The van der Waals surface area contributed by atoms with E-state index in [4.69, 9.17) is 4.74 Å². The Morgan fingerprint density at radius 2 is 2.00 bits per heavy atom. The average molecular weight is 331 g/mol. The highest BCUT2D eigenvalue weighted by Crippen LogP contribution is 2.41. The van der Waals surface area contributed by atoms with Crippen LogP contribution in [0.5, 0.6) is 0 Å². The lowest BCUT2D eigenvalue weighted by Crippen LogP contribution is -2.36. The number of rotatable bonds is 2. The number of amides is 1. The first-order chi connectivity index (χ1) is 11.5. The van der Waals surface area contributed by atoms with E-state index < -0.39 is 5.97 Å². The minimum Gasteiger partial charge on any atom is -0.478 e. The first kappa shape index (κ1) is 18.0. The summed E-state index contributed by atoms with van der Waals surface area (Å²) in [6.45, 7) is 9.20. The van der Waals surface area contributed by atoms with E-state index in [9.17, 15) is 14.7 Å². The molecule has 0 atom stereocenters. The van der Waals surface area contributed by atoms with Crippen LogP contribution in [0, 0.1) is 6.92 Å². The summed E-state index contributed by atoms with van der Waals surface area (Å²) in [7, 11) is 0. The predicted octanol–water partition coefficient (Wildman–Crippen LogP) is 3.89. The first-order valence-corrected chi connectivity index (χ1v) is 8.51. The number of ether oxygens (including phenoxy) is 1. The minimum absolute atomic E-state index is 0.327. The quantitative estimate of drug-likeness (QED) is 0.893. The van der Waals surface area contributed by atoms with E-state index in [2.05, 4.69) is 0 Å². The van der Waals surface area contributed by atoms with Crippen LogP contribution in [-0.2, 0) is 11.2 Å². The van der Waals surface area contributed by atoms with Crippen LogP contribution >= 0.6 is 0 Å². The zero-order valence-corrected chi connectivity index (χ0v) is 14.8. The van der Waals surface area contributed by atoms with Crippen LogP contribution in [-0.4, -0.2) is 41.8 Å². The number of fused-ring (bicyclic) bond motifs is 2. The lowest BCUT2D eigenvalue weighted by Gasteiger charge is -2.28. The van der Waals surface area contributed by atoms with Gasteiger partial charge in [0.05, 0.1) is 12.2 Å². The normalized spacial score (nSPS) is 15.2. The van der Waals surface area contributed by atoms with Gasteiger partial charge in [-0.15, -0.1) is 0 Å². The highest BCUT2D eigenvalue weighted by molar-refractivity contribution is 5.98. The number of aryl methyl sites for hydroxylation is 1. The lowest BCUT2D eigenvalue weighted by atomic mass is 9.94. The minimum atomic E-state index is -0.918. The molecule has 5 heteroatoms. The molecule has 1 N–H and O–H groups in total. The highest BCUT2D eigenvalue weighted by Gasteiger charge is 2.33. The number of hydrogen-bond donors (Lipinski definition) is 1. The third-order valence-electron chi connectivity index (χ3n) is 4.45. The Labute approximate surface area is 142 Å². The fraction of sp³-hybridized carbons (Fsp3) is 0.474. The average Bonchev–Trinajstić information content (AvgIpc) is 2.96. The molecule has 24 heavy (non-hydrogen) atoms. The molecule has 2 aliphatic rings. The zero-order valence-electron chi connectivity index (χ0n) is 14.8. The third-order valence-corrected chi connectivity index (χ3v) is 4.45. The van der Waals surface area contributed by atoms with Crippen molar-refractivity contribution in [3.63, 3.8) is 0 Å². The Kier molecular flexibility index (Phi) is 5.65. The van der Waals surface area contributed by atoms with Gasteiger partial charge in [0.2, 0.25) is 0 Å². The molecule has 0 spiro atoms. The van der Waals surface area contributed by atoms with Gasteiger partial charge in [0.25, 0.3) is 0 Å². The molecule has 1 aromatic carbocycles. The molecule has 130 valence electrons. The summed E-state index contributed by atoms with van der Waals surface area (Å²) in [6, 6.07) is 3.53. The van der Waals surface area contributed by atoms with Crippen LogP contribution in [0.2, 0.25) is 0 Å². The van der Waals surface area contributed by atoms with Gasteiger partial charge in [-0.25, -0.2) is 9.59 Å². The second kappa shape index (κ2) is 7.51. The van der Waals surface area contributed by atoms with Crippen molar-refractivity contribution in [2.24, 2.45) is 0 Å². The van der Waals surface area contributed by atoms with Gasteiger partial charge in [0.15, 0.2) is 0 Å². The Morgan fingerprint density at radius 3 is 2.62 bits per heavy atom. The number of nitrogens with zero attached hydrogens (tertiary/aromatic N) is 1. The SMILES string of the molecule is CC.CCOC(=O)N1CCC2=C(C1)c1c(C(=O)O)ccc(C)c1C2. The molecular formula is C19H25NO4. The highest BCUT2D eigenvalue weighted by atomic mass is 16.6. The van der Waals surface area contributed by atoms with E-state index in [1.54, 1.807) is 17.9 Å². The number of carbonyl (C=O) groups excluding carboxylic acids is 1. The van der Waals surface area contributed by atoms with Crippen molar-refractivity contribution in [3.8, 4) is 0 Å². The maximum Gasteiger partial charge on any atom is 0.410 e. The van der Waals surface area contributed by atoms with E-state index in [-0.39, 0.29) is 6.09 Å². The topological polar surface area (TPSA) is 66.8 Å². The molecule has 3 rings (SSSR count). The van der Waals surface area contributed by atoms with Crippen LogP contribution in [0.4, 0.5) is 4.79 Å². The van der Waals surface area contributed by atoms with Crippen LogP contribution < -0.4 is 0 Å². The van der Waals surface area contributed by atoms with Crippen LogP contribution in [0.3, 0.4) is 0 Å². The number of hydrogen-bond acceptors (Lipinski definition) is 3. The van der Waals surface area contributed by atoms with E-state index in [1.165, 1.54) is 5.57 Å². The summed E-state index contributed by atoms with van der Waals surface area (Å²) in [4.78, 5) is 25.1. The number of carbonyl (C=O) groups is 2. The van der Waals surface area contributed by atoms with Gasteiger partial charge in [-0.2, -0.15) is 0 Å². The molecule has 0 saturated heterocycles. The molecule has 5 nitrogen and oxygen atoms in total. The molecular weight excluding hydrogens is 306 g/mol. The summed E-state index contributed by atoms with van der Waals surface area (Å²) >= 11 is 0. The van der Waals surface area contributed by atoms with Crippen molar-refractivity contribution >= 4 is 17.6 Å². The second-order valence-electron chi connectivity index (χ2n) is 5.72. The maximum absolute atomic E-state index is 11.9. The fourth-order valence-corrected chi connectivity index (χ4v) is 3.34. The van der Waals surface area contributed by atoms with Gasteiger partial charge >= 0.3 is 12.1 Å². The summed E-state index contributed by atoms with van der Waals surface area (Å²) in [6.07, 6.45) is 1.25. The second-order valence-corrected chi connectivity index (χ2v) is 5.72. The molecule has 1 aliphatic heterocycles. The molecule has 1 heterocycles. The van der Waals surface area contributed by atoms with E-state index in [0.717, 1.165) is 35.1 Å². The van der Waals surface area contributed by atoms with Gasteiger partial charge in [0, 0.05) is 13.1 Å². The van der Waals surface area contributed by atoms with Crippen molar-refractivity contribution in [2.75, 3.05) is 19.7 Å². The first-order valence-electron chi connectivity index (χ1n) is 8.51. The van der Waals surface area contributed by atoms with Gasteiger partial charge in [-0.3, -0.25) is 0 Å². The molecule has 0 fully saturated rings. The molecule has 1 aromatic rings. The summed E-state index contributed by atoms with van der Waals surface area (Å²) in [5.41, 5.74) is 5.60. The zero-order chi connectivity index (χ0) is 17.9. The lowest BCUT2D eigenvalue weighted by molar-refractivity contribution is 0.0696. The molecule has 1 aliphatic carbocycles. The molecule has 0 unspecified atom stereocenters. The Hall–Kier alpha value is -2.30. The van der Waals surface area contributed by atoms with E-state index in [0.29, 0.717) is 25.3 Å². The number of carboxylic acids is 1. The summed E-state index contributed by atoms with van der Waals surface area (Å²) in [5, 5.41) is 9.46. The van der Waals surface area contributed by atoms with Gasteiger partial charge in [-0.05, 0) is 55.0 Å². The Balaban J connectivity index is 0.00000100. The van der Waals surface area contributed by atoms with Crippen molar-refractivity contribution < 1.29 is 19.4 Å². The molecule has 0 radical (unpaired) electrons. The van der Waals surface area contributed by atoms with Gasteiger partial charge < -0.3 is 14.7 Å². The van der Waals surface area contributed by atoms with Crippen molar-refractivity contribution in [3.05, 3.63) is 40.0 Å². The Morgan fingerprint density at radius 1 is 1.29 bits per heavy atom. The number of benzene rings is 1. The molecule has 1 amide bonds. The van der Waals surface area contributed by atoms with Gasteiger partial charge in [-0.1, -0.05) is 25.5 Å². The summed E-state index contributed by atoms with van der Waals surface area (Å²) in [5.74, 6) is -0.918. The van der Waals surface area contributed by atoms with Crippen LogP contribution in [0.25, 0.3) is 5.57 Å². The van der Waals surface area contributed by atoms with E-state index in [1.807, 2.05) is 26.8 Å². The van der Waals surface area contributed by atoms with Crippen molar-refractivity contribution in [1.82, 2.24) is 4.90 Å². The van der Waals surface area contributed by atoms with Crippen molar-refractivity contribution in [1.29, 1.82) is 0 Å². The predicted molar refractivity (Wildman–Crippen MR) is 93.3 cm³/mol. The standard InChI is InChI=1S/C17H19NO4.C2H6/c1-3-22-17(21)18-7-6-11-8-13-10(2)4-5-12(16(19)20)15(13)14(11)9-18;1-2/h4-5H,3,6-9H2,1-2H3,(H,19,20);1-2H3. The smallest absolute Gasteiger partial charge is 0.410 e. The van der Waals surface area contributed by atoms with Crippen molar-refractivity contribution in [2.45, 2.75) is 40.5 Å². The molecule has 0 bridgehead atoms. The van der Waals surface area contributed by atoms with E-state index >= 15 is 0 Å². The maximum atomic E-state index is 11.9. The third kappa shape index (κ3) is 3.16. The number of carboxylic acid groups (broad SMARTS) is 1. The number of aromatic carboxylic acids is 1.